The number of unbranched alkanes of at least 4 members (excludes halogenated alkanes) is 1. The molecule has 0 aromatic carbocycles. The number of esters is 1. The fourth-order valence-corrected chi connectivity index (χ4v) is 0.613. The van der Waals surface area contributed by atoms with Gasteiger partial charge >= 0.3 is 5.97 Å². The van der Waals surface area contributed by atoms with Gasteiger partial charge in [0.2, 0.25) is 0 Å². The molecule has 0 amide bonds. The number of allylic oxidation sites excluding steroid dienone is 1. The Balaban J connectivity index is 3.89. The second-order valence-electron chi connectivity index (χ2n) is 2.25. The van der Waals surface area contributed by atoms with Gasteiger partial charge in [0.15, 0.2) is 0 Å². The Hall–Kier alpha value is -1.05. The van der Waals surface area contributed by atoms with Crippen LogP contribution >= 0.6 is 0 Å². The second kappa shape index (κ2) is 5.71. The van der Waals surface area contributed by atoms with Crippen molar-refractivity contribution in [1.29, 1.82) is 0 Å². The average molecular weight is 154 g/mol. The molecule has 11 heavy (non-hydrogen) atoms. The third-order valence-corrected chi connectivity index (χ3v) is 1.25. The first-order valence-electron chi connectivity index (χ1n) is 3.71. The van der Waals surface area contributed by atoms with Crippen LogP contribution in [0.3, 0.4) is 0 Å². The summed E-state index contributed by atoms with van der Waals surface area (Å²) in [5.74, 6) is -0.312. The second-order valence-corrected chi connectivity index (χ2v) is 2.25. The van der Waals surface area contributed by atoms with E-state index in [1.54, 1.807) is 6.92 Å². The van der Waals surface area contributed by atoms with Gasteiger partial charge in [-0.05, 0) is 13.3 Å². The molecule has 0 spiro atoms. The molecule has 0 aliphatic carbocycles. The summed E-state index contributed by atoms with van der Waals surface area (Å²) in [4.78, 5) is 10.9. The lowest BCUT2D eigenvalue weighted by Crippen LogP contribution is -2.00. The fourth-order valence-electron chi connectivity index (χ4n) is 0.613. The Morgan fingerprint density at radius 3 is 2.73 bits per heavy atom. The highest BCUT2D eigenvalue weighted by atomic mass is 16.5. The first-order valence-corrected chi connectivity index (χ1v) is 3.71. The van der Waals surface area contributed by atoms with Crippen LogP contribution in [0.4, 0.5) is 0 Å². The molecule has 0 aliphatic heterocycles. The van der Waals surface area contributed by atoms with Crippen LogP contribution in [0.1, 0.15) is 26.7 Å². The van der Waals surface area contributed by atoms with Crippen molar-refractivity contribution in [1.82, 2.24) is 0 Å². The van der Waals surface area contributed by atoms with Crippen molar-refractivity contribution in [3.8, 4) is 0 Å². The monoisotopic (exact) mass is 154 g/mol. The summed E-state index contributed by atoms with van der Waals surface area (Å²) in [6, 6.07) is 0. The van der Waals surface area contributed by atoms with E-state index in [1.807, 2.05) is 6.08 Å². The molecule has 2 heteroatoms. The third kappa shape index (κ3) is 4.37. The average Bonchev–Trinajstić information content (AvgIpc) is 2.00. The lowest BCUT2D eigenvalue weighted by atomic mass is 10.2. The highest BCUT2D eigenvalue weighted by Gasteiger charge is 2.01. The van der Waals surface area contributed by atoms with Crippen molar-refractivity contribution >= 4 is 5.97 Å². The molecule has 0 fully saturated rings. The number of carbonyl (C=O) groups excluding carboxylic acids is 1. The molecule has 0 rings (SSSR count). The topological polar surface area (TPSA) is 26.3 Å². The fraction of sp³-hybridized carbons (Fsp3) is 0.444. The molecule has 0 heterocycles. The van der Waals surface area contributed by atoms with Crippen LogP contribution in [0.5, 0.6) is 0 Å². The summed E-state index contributed by atoms with van der Waals surface area (Å²) >= 11 is 0. The van der Waals surface area contributed by atoms with Gasteiger partial charge in [-0.25, -0.2) is 4.79 Å². The maximum atomic E-state index is 10.9. The molecule has 0 unspecified atom stereocenters. The standard InChI is InChI=1S/C9H14O2/c1-4-6-7-8(3)9(10)11-5-2/h5,7H,2,4,6H2,1,3H3. The largest absolute Gasteiger partial charge is 0.432 e. The van der Waals surface area contributed by atoms with E-state index in [-0.39, 0.29) is 5.97 Å². The highest BCUT2D eigenvalue weighted by molar-refractivity contribution is 5.88. The van der Waals surface area contributed by atoms with E-state index in [1.165, 1.54) is 0 Å². The molecule has 0 atom stereocenters. The Morgan fingerprint density at radius 2 is 2.27 bits per heavy atom. The minimum Gasteiger partial charge on any atom is -0.432 e. The molecule has 0 saturated carbocycles. The van der Waals surface area contributed by atoms with Gasteiger partial charge in [0.25, 0.3) is 0 Å². The molecular weight excluding hydrogens is 140 g/mol. The Labute approximate surface area is 67.6 Å². The molecule has 0 N–H and O–H groups in total. The van der Waals surface area contributed by atoms with Crippen LogP contribution in [-0.4, -0.2) is 5.97 Å². The van der Waals surface area contributed by atoms with E-state index in [9.17, 15) is 4.79 Å². The van der Waals surface area contributed by atoms with Gasteiger partial charge in [0, 0.05) is 5.57 Å². The molecule has 0 aliphatic rings. The van der Waals surface area contributed by atoms with Crippen molar-refractivity contribution in [2.75, 3.05) is 0 Å². The zero-order valence-corrected chi connectivity index (χ0v) is 7.09. The Morgan fingerprint density at radius 1 is 1.64 bits per heavy atom. The van der Waals surface area contributed by atoms with Gasteiger partial charge in [-0.3, -0.25) is 0 Å². The minimum atomic E-state index is -0.312. The normalized spacial score (nSPS) is 10.9. The van der Waals surface area contributed by atoms with E-state index in [0.717, 1.165) is 19.1 Å². The van der Waals surface area contributed by atoms with Gasteiger partial charge in [-0.2, -0.15) is 0 Å². The van der Waals surface area contributed by atoms with Crippen LogP contribution in [0, 0.1) is 0 Å². The van der Waals surface area contributed by atoms with E-state index in [4.69, 9.17) is 0 Å². The first kappa shape index (κ1) is 9.95. The van der Waals surface area contributed by atoms with Gasteiger partial charge in [-0.1, -0.05) is 26.0 Å². The summed E-state index contributed by atoms with van der Waals surface area (Å²) in [7, 11) is 0. The lowest BCUT2D eigenvalue weighted by Gasteiger charge is -1.97. The van der Waals surface area contributed by atoms with Gasteiger partial charge in [0.05, 0.1) is 6.26 Å². The summed E-state index contributed by atoms with van der Waals surface area (Å²) in [5, 5.41) is 0. The van der Waals surface area contributed by atoms with Crippen LogP contribution in [0.15, 0.2) is 24.5 Å². The predicted molar refractivity (Wildman–Crippen MR) is 45.0 cm³/mol. The molecule has 0 bridgehead atoms. The molecular formula is C9H14O2. The number of hydrogen-bond acceptors (Lipinski definition) is 2. The quantitative estimate of drug-likeness (QED) is 0.353. The van der Waals surface area contributed by atoms with Crippen molar-refractivity contribution in [2.24, 2.45) is 0 Å². The first-order chi connectivity index (χ1) is 5.22. The number of carbonyl (C=O) groups is 1. The summed E-state index contributed by atoms with van der Waals surface area (Å²) in [5.41, 5.74) is 0.645. The van der Waals surface area contributed by atoms with Crippen LogP contribution in [-0.2, 0) is 9.53 Å². The van der Waals surface area contributed by atoms with E-state index in [2.05, 4.69) is 18.2 Å². The smallest absolute Gasteiger partial charge is 0.338 e. The predicted octanol–water partition coefficient (Wildman–Crippen LogP) is 2.42. The molecule has 0 saturated heterocycles. The number of ether oxygens (including phenoxy) is 1. The summed E-state index contributed by atoms with van der Waals surface area (Å²) < 4.78 is 4.56. The summed E-state index contributed by atoms with van der Waals surface area (Å²) in [6.07, 6.45) is 4.97. The minimum absolute atomic E-state index is 0.312. The lowest BCUT2D eigenvalue weighted by molar-refractivity contribution is -0.133. The SMILES string of the molecule is C=COC(=O)C(C)=CCCC. The van der Waals surface area contributed by atoms with E-state index >= 15 is 0 Å². The zero-order valence-electron chi connectivity index (χ0n) is 7.09. The van der Waals surface area contributed by atoms with Crippen LogP contribution in [0.25, 0.3) is 0 Å². The van der Waals surface area contributed by atoms with Gasteiger partial charge in [0.1, 0.15) is 0 Å². The maximum absolute atomic E-state index is 10.9. The van der Waals surface area contributed by atoms with E-state index < -0.39 is 0 Å². The van der Waals surface area contributed by atoms with Crippen molar-refractivity contribution in [3.05, 3.63) is 24.5 Å². The van der Waals surface area contributed by atoms with Gasteiger partial charge in [-0.15, -0.1) is 0 Å². The number of hydrogen-bond donors (Lipinski definition) is 0. The third-order valence-electron chi connectivity index (χ3n) is 1.25. The summed E-state index contributed by atoms with van der Waals surface area (Å²) in [6.45, 7) is 7.09. The van der Waals surface area contributed by atoms with Crippen LogP contribution in [0.2, 0.25) is 0 Å². The molecule has 0 radical (unpaired) electrons. The highest BCUT2D eigenvalue weighted by Crippen LogP contribution is 2.00. The van der Waals surface area contributed by atoms with Crippen molar-refractivity contribution < 1.29 is 9.53 Å². The van der Waals surface area contributed by atoms with E-state index in [0.29, 0.717) is 5.57 Å². The van der Waals surface area contributed by atoms with Crippen molar-refractivity contribution in [2.45, 2.75) is 26.7 Å². The molecule has 2 nitrogen and oxygen atoms in total. The zero-order chi connectivity index (χ0) is 8.69. The Bertz CT molecular complexity index is 168. The molecule has 62 valence electrons. The van der Waals surface area contributed by atoms with Crippen LogP contribution < -0.4 is 0 Å². The molecule has 0 aromatic heterocycles. The Kier molecular flexibility index (Phi) is 5.17. The molecule has 0 aromatic rings. The van der Waals surface area contributed by atoms with Crippen molar-refractivity contribution in [3.63, 3.8) is 0 Å². The number of rotatable bonds is 4. The maximum Gasteiger partial charge on any atom is 0.338 e. The van der Waals surface area contributed by atoms with Gasteiger partial charge < -0.3 is 4.74 Å².